The third-order valence-corrected chi connectivity index (χ3v) is 3.60. The van der Waals surface area contributed by atoms with Gasteiger partial charge >= 0.3 is 5.69 Å². The summed E-state index contributed by atoms with van der Waals surface area (Å²) < 4.78 is 8.78. The lowest BCUT2D eigenvalue weighted by Gasteiger charge is -2.13. The predicted molar refractivity (Wildman–Crippen MR) is 83.8 cm³/mol. The van der Waals surface area contributed by atoms with Gasteiger partial charge in [-0.2, -0.15) is 0 Å². The molecular formula is C16H23N3O2. The Bertz CT molecular complexity index is 668. The SMILES string of the molecule is COc1ccc(C(C)N)cc1Cn1ccn(C(C)C)c1=O. The van der Waals surface area contributed by atoms with E-state index in [2.05, 4.69) is 0 Å². The zero-order chi connectivity index (χ0) is 15.6. The smallest absolute Gasteiger partial charge is 0.328 e. The number of methoxy groups -OCH3 is 1. The van der Waals surface area contributed by atoms with Crippen LogP contribution in [0, 0.1) is 0 Å². The molecule has 1 aromatic carbocycles. The second-order valence-corrected chi connectivity index (χ2v) is 5.57. The van der Waals surface area contributed by atoms with Crippen LogP contribution in [-0.4, -0.2) is 16.2 Å². The van der Waals surface area contributed by atoms with Gasteiger partial charge < -0.3 is 10.5 Å². The van der Waals surface area contributed by atoms with E-state index in [1.165, 1.54) is 0 Å². The summed E-state index contributed by atoms with van der Waals surface area (Å²) in [6, 6.07) is 5.96. The van der Waals surface area contributed by atoms with E-state index in [0.717, 1.165) is 16.9 Å². The maximum absolute atomic E-state index is 12.3. The molecule has 0 bridgehead atoms. The van der Waals surface area contributed by atoms with Crippen molar-refractivity contribution in [3.63, 3.8) is 0 Å². The first-order chi connectivity index (χ1) is 9.93. The predicted octanol–water partition coefficient (Wildman–Crippen LogP) is 2.31. The van der Waals surface area contributed by atoms with Gasteiger partial charge in [-0.05, 0) is 38.5 Å². The lowest BCUT2D eigenvalue weighted by molar-refractivity contribution is 0.407. The molecule has 0 aliphatic rings. The zero-order valence-corrected chi connectivity index (χ0v) is 13.0. The Hall–Kier alpha value is -2.01. The minimum absolute atomic E-state index is 0.0155. The van der Waals surface area contributed by atoms with E-state index in [9.17, 15) is 4.79 Å². The van der Waals surface area contributed by atoms with E-state index < -0.39 is 0 Å². The van der Waals surface area contributed by atoms with Crippen molar-refractivity contribution in [3.05, 3.63) is 52.2 Å². The minimum Gasteiger partial charge on any atom is -0.496 e. The Morgan fingerprint density at radius 1 is 1.24 bits per heavy atom. The van der Waals surface area contributed by atoms with Gasteiger partial charge in [0.1, 0.15) is 5.75 Å². The molecule has 21 heavy (non-hydrogen) atoms. The van der Waals surface area contributed by atoms with Gasteiger partial charge in [0.05, 0.1) is 13.7 Å². The Labute approximate surface area is 125 Å². The monoisotopic (exact) mass is 289 g/mol. The number of ether oxygens (including phenoxy) is 1. The molecule has 0 amide bonds. The van der Waals surface area contributed by atoms with Gasteiger partial charge in [-0.25, -0.2) is 4.79 Å². The van der Waals surface area contributed by atoms with Crippen molar-refractivity contribution in [1.29, 1.82) is 0 Å². The summed E-state index contributed by atoms with van der Waals surface area (Å²) in [6.07, 6.45) is 3.62. The normalized spacial score (nSPS) is 12.7. The number of hydrogen-bond acceptors (Lipinski definition) is 3. The van der Waals surface area contributed by atoms with Crippen LogP contribution in [0.4, 0.5) is 0 Å². The molecule has 0 fully saturated rings. The first-order valence-electron chi connectivity index (χ1n) is 7.13. The molecular weight excluding hydrogens is 266 g/mol. The Balaban J connectivity index is 2.38. The summed E-state index contributed by atoms with van der Waals surface area (Å²) in [5.74, 6) is 0.767. The van der Waals surface area contributed by atoms with Crippen LogP contribution >= 0.6 is 0 Å². The molecule has 2 N–H and O–H groups in total. The van der Waals surface area contributed by atoms with E-state index in [1.54, 1.807) is 22.4 Å². The molecule has 2 rings (SSSR count). The number of nitrogens with zero attached hydrogens (tertiary/aromatic N) is 2. The first kappa shape index (κ1) is 15.4. The highest BCUT2D eigenvalue weighted by Gasteiger charge is 2.11. The Morgan fingerprint density at radius 2 is 1.95 bits per heavy atom. The summed E-state index contributed by atoms with van der Waals surface area (Å²) in [5, 5.41) is 0. The van der Waals surface area contributed by atoms with E-state index in [-0.39, 0.29) is 17.8 Å². The highest BCUT2D eigenvalue weighted by Crippen LogP contribution is 2.23. The molecule has 5 heteroatoms. The zero-order valence-electron chi connectivity index (χ0n) is 13.0. The quantitative estimate of drug-likeness (QED) is 0.918. The third kappa shape index (κ3) is 3.19. The van der Waals surface area contributed by atoms with Crippen molar-refractivity contribution in [2.75, 3.05) is 7.11 Å². The number of hydrogen-bond donors (Lipinski definition) is 1. The second-order valence-electron chi connectivity index (χ2n) is 5.57. The van der Waals surface area contributed by atoms with Crippen molar-refractivity contribution in [2.24, 2.45) is 5.73 Å². The maximum Gasteiger partial charge on any atom is 0.328 e. The van der Waals surface area contributed by atoms with Crippen LogP contribution in [0.5, 0.6) is 5.75 Å². The Kier molecular flexibility index (Phi) is 4.53. The molecule has 2 aromatic rings. The first-order valence-corrected chi connectivity index (χ1v) is 7.13. The van der Waals surface area contributed by atoms with Gasteiger partial charge in [-0.15, -0.1) is 0 Å². The average Bonchev–Trinajstić information content (AvgIpc) is 2.80. The van der Waals surface area contributed by atoms with E-state index in [0.29, 0.717) is 6.54 Å². The number of benzene rings is 1. The van der Waals surface area contributed by atoms with Crippen molar-refractivity contribution in [2.45, 2.75) is 39.4 Å². The highest BCUT2D eigenvalue weighted by atomic mass is 16.5. The molecule has 0 saturated heterocycles. The van der Waals surface area contributed by atoms with Crippen LogP contribution in [-0.2, 0) is 6.54 Å². The van der Waals surface area contributed by atoms with Crippen LogP contribution in [0.3, 0.4) is 0 Å². The van der Waals surface area contributed by atoms with Gasteiger partial charge in [0, 0.05) is 30.0 Å². The summed E-state index contributed by atoms with van der Waals surface area (Å²) in [5.41, 5.74) is 7.90. The van der Waals surface area contributed by atoms with Crippen LogP contribution in [0.15, 0.2) is 35.4 Å². The third-order valence-electron chi connectivity index (χ3n) is 3.60. The van der Waals surface area contributed by atoms with Crippen molar-refractivity contribution < 1.29 is 4.74 Å². The molecule has 114 valence electrons. The van der Waals surface area contributed by atoms with Gasteiger partial charge in [0.15, 0.2) is 0 Å². The van der Waals surface area contributed by atoms with Crippen LogP contribution in [0.1, 0.15) is 44.0 Å². The largest absolute Gasteiger partial charge is 0.496 e. The summed E-state index contributed by atoms with van der Waals surface area (Å²) >= 11 is 0. The highest BCUT2D eigenvalue weighted by molar-refractivity contribution is 5.38. The fourth-order valence-electron chi connectivity index (χ4n) is 2.33. The number of aromatic nitrogens is 2. The molecule has 0 aliphatic carbocycles. The summed E-state index contributed by atoms with van der Waals surface area (Å²) in [6.45, 7) is 6.39. The minimum atomic E-state index is -0.0494. The molecule has 0 spiro atoms. The van der Waals surface area contributed by atoms with Gasteiger partial charge in [0.25, 0.3) is 0 Å². The molecule has 0 saturated carbocycles. The van der Waals surface area contributed by atoms with Crippen LogP contribution in [0.25, 0.3) is 0 Å². The van der Waals surface area contributed by atoms with E-state index in [4.69, 9.17) is 10.5 Å². The summed E-state index contributed by atoms with van der Waals surface area (Å²) in [7, 11) is 1.63. The number of rotatable bonds is 5. The lowest BCUT2D eigenvalue weighted by atomic mass is 10.0. The molecule has 0 radical (unpaired) electrons. The molecule has 5 nitrogen and oxygen atoms in total. The van der Waals surface area contributed by atoms with Crippen molar-refractivity contribution >= 4 is 0 Å². The number of imidazole rings is 1. The lowest BCUT2D eigenvalue weighted by Crippen LogP contribution is -2.25. The van der Waals surface area contributed by atoms with Gasteiger partial charge in [-0.3, -0.25) is 9.13 Å². The molecule has 1 unspecified atom stereocenters. The average molecular weight is 289 g/mol. The molecule has 1 aromatic heterocycles. The molecule has 0 aliphatic heterocycles. The van der Waals surface area contributed by atoms with E-state index >= 15 is 0 Å². The van der Waals surface area contributed by atoms with Crippen LogP contribution in [0.2, 0.25) is 0 Å². The molecule has 1 heterocycles. The van der Waals surface area contributed by atoms with Crippen LogP contribution < -0.4 is 16.2 Å². The fraction of sp³-hybridized carbons (Fsp3) is 0.438. The topological polar surface area (TPSA) is 62.2 Å². The maximum atomic E-state index is 12.3. The second kappa shape index (κ2) is 6.18. The fourth-order valence-corrected chi connectivity index (χ4v) is 2.33. The van der Waals surface area contributed by atoms with Gasteiger partial charge in [-0.1, -0.05) is 6.07 Å². The van der Waals surface area contributed by atoms with Crippen molar-refractivity contribution in [3.8, 4) is 5.75 Å². The molecule has 1 atom stereocenters. The standard InChI is InChI=1S/C16H23N3O2/c1-11(2)19-8-7-18(16(19)20)10-14-9-13(12(3)17)5-6-15(14)21-4/h5-9,11-12H,10,17H2,1-4H3. The Morgan fingerprint density at radius 3 is 2.48 bits per heavy atom. The number of nitrogens with two attached hydrogens (primary N) is 1. The van der Waals surface area contributed by atoms with Gasteiger partial charge in [0.2, 0.25) is 0 Å². The summed E-state index contributed by atoms with van der Waals surface area (Å²) in [4.78, 5) is 12.3. The van der Waals surface area contributed by atoms with E-state index in [1.807, 2.05) is 45.2 Å². The van der Waals surface area contributed by atoms with Crippen molar-refractivity contribution in [1.82, 2.24) is 9.13 Å².